The molecule has 0 bridgehead atoms. The van der Waals surface area contributed by atoms with Crippen LogP contribution in [-0.2, 0) is 13.3 Å². The van der Waals surface area contributed by atoms with E-state index in [0.29, 0.717) is 0 Å². The highest BCUT2D eigenvalue weighted by Crippen LogP contribution is 2.32. The van der Waals surface area contributed by atoms with Crippen LogP contribution in [0.25, 0.3) is 0 Å². The Bertz CT molecular complexity index is 284. The highest BCUT2D eigenvalue weighted by Gasteiger charge is 2.44. The van der Waals surface area contributed by atoms with Crippen LogP contribution in [0.15, 0.2) is 0 Å². The monoisotopic (exact) mass is 336 g/mol. The minimum atomic E-state index is -1.71. The highest BCUT2D eigenvalue weighted by molar-refractivity contribution is 6.71. The molecule has 0 aliphatic carbocycles. The van der Waals surface area contributed by atoms with Crippen molar-refractivity contribution in [2.75, 3.05) is 0 Å². The van der Waals surface area contributed by atoms with Gasteiger partial charge in [0, 0.05) is 0 Å². The van der Waals surface area contributed by atoms with Gasteiger partial charge in [0.15, 0.2) is 30.7 Å². The van der Waals surface area contributed by atoms with Gasteiger partial charge in [0.25, 0.3) is 0 Å². The molecule has 0 aliphatic rings. The number of hydrogen-bond acceptors (Lipinski definition) is 3. The van der Waals surface area contributed by atoms with Gasteiger partial charge in [0.05, 0.1) is 6.10 Å². The molecule has 0 saturated carbocycles. The SMILES string of the molecule is CCC(O[Si](C)(C)C)C(C)(O[Si](C)(C)C)O[Si](C)(C)C. The maximum absolute atomic E-state index is 6.45. The molecule has 0 radical (unpaired) electrons. The van der Waals surface area contributed by atoms with Gasteiger partial charge >= 0.3 is 0 Å². The molecular weight excluding hydrogens is 300 g/mol. The van der Waals surface area contributed by atoms with E-state index in [-0.39, 0.29) is 6.10 Å². The van der Waals surface area contributed by atoms with Gasteiger partial charge in [-0.2, -0.15) is 0 Å². The van der Waals surface area contributed by atoms with Gasteiger partial charge in [-0.3, -0.25) is 0 Å². The van der Waals surface area contributed by atoms with E-state index in [9.17, 15) is 0 Å². The summed E-state index contributed by atoms with van der Waals surface area (Å²) in [5.74, 6) is -0.621. The fourth-order valence-electron chi connectivity index (χ4n) is 2.36. The van der Waals surface area contributed by atoms with Crippen LogP contribution in [0.5, 0.6) is 0 Å². The third kappa shape index (κ3) is 8.74. The van der Waals surface area contributed by atoms with E-state index in [0.717, 1.165) is 6.42 Å². The summed E-state index contributed by atoms with van der Waals surface area (Å²) >= 11 is 0. The Morgan fingerprint density at radius 3 is 1.30 bits per heavy atom. The molecule has 0 aliphatic heterocycles. The summed E-state index contributed by atoms with van der Waals surface area (Å²) in [6.45, 7) is 24.2. The van der Waals surface area contributed by atoms with Crippen molar-refractivity contribution in [1.29, 1.82) is 0 Å². The second-order valence-electron chi connectivity index (χ2n) is 8.57. The van der Waals surface area contributed by atoms with Crippen LogP contribution in [0.2, 0.25) is 58.9 Å². The van der Waals surface area contributed by atoms with Crippen molar-refractivity contribution >= 4 is 25.0 Å². The molecule has 3 nitrogen and oxygen atoms in total. The Morgan fingerprint density at radius 1 is 0.750 bits per heavy atom. The first-order valence-corrected chi connectivity index (χ1v) is 17.9. The van der Waals surface area contributed by atoms with Crippen molar-refractivity contribution in [2.45, 2.75) is 91.1 Å². The lowest BCUT2D eigenvalue weighted by Crippen LogP contribution is -2.57. The Labute approximate surface area is 129 Å². The molecule has 6 heteroatoms. The van der Waals surface area contributed by atoms with E-state index >= 15 is 0 Å². The van der Waals surface area contributed by atoms with Crippen molar-refractivity contribution in [3.05, 3.63) is 0 Å². The molecule has 0 rings (SSSR count). The summed E-state index contributed by atoms with van der Waals surface area (Å²) in [5, 5.41) is 0. The largest absolute Gasteiger partial charge is 0.409 e. The molecule has 0 spiro atoms. The Balaban J connectivity index is 5.36. The van der Waals surface area contributed by atoms with Crippen molar-refractivity contribution in [1.82, 2.24) is 0 Å². The zero-order valence-electron chi connectivity index (χ0n) is 15.5. The van der Waals surface area contributed by atoms with Gasteiger partial charge in [-0.25, -0.2) is 0 Å². The molecule has 122 valence electrons. The minimum Gasteiger partial charge on any atom is -0.409 e. The van der Waals surface area contributed by atoms with Crippen molar-refractivity contribution in [3.63, 3.8) is 0 Å². The quantitative estimate of drug-likeness (QED) is 0.459. The third-order valence-corrected chi connectivity index (χ3v) is 5.50. The zero-order chi connectivity index (χ0) is 16.4. The summed E-state index contributed by atoms with van der Waals surface area (Å²) in [5.41, 5.74) is 0. The van der Waals surface area contributed by atoms with Gasteiger partial charge < -0.3 is 13.3 Å². The fourth-order valence-corrected chi connectivity index (χ4v) is 6.45. The van der Waals surface area contributed by atoms with Gasteiger partial charge in [-0.05, 0) is 72.3 Å². The summed E-state index contributed by atoms with van der Waals surface area (Å²) in [4.78, 5) is 0. The van der Waals surface area contributed by atoms with E-state index in [1.165, 1.54) is 0 Å². The lowest BCUT2D eigenvalue weighted by Gasteiger charge is -2.46. The van der Waals surface area contributed by atoms with Gasteiger partial charge in [-0.1, -0.05) is 6.92 Å². The molecular formula is C14H36O3Si3. The van der Waals surface area contributed by atoms with Crippen molar-refractivity contribution < 1.29 is 13.3 Å². The highest BCUT2D eigenvalue weighted by atomic mass is 28.4. The van der Waals surface area contributed by atoms with Gasteiger partial charge in [0.2, 0.25) is 0 Å². The lowest BCUT2D eigenvalue weighted by atomic mass is 10.1. The maximum Gasteiger partial charge on any atom is 0.187 e. The maximum atomic E-state index is 6.45. The van der Waals surface area contributed by atoms with E-state index in [1.54, 1.807) is 0 Å². The van der Waals surface area contributed by atoms with Crippen LogP contribution >= 0.6 is 0 Å². The molecule has 20 heavy (non-hydrogen) atoms. The summed E-state index contributed by atoms with van der Waals surface area (Å²) in [6.07, 6.45) is 0.919. The van der Waals surface area contributed by atoms with Crippen molar-refractivity contribution in [2.24, 2.45) is 0 Å². The van der Waals surface area contributed by atoms with Crippen LogP contribution in [0.3, 0.4) is 0 Å². The molecule has 0 amide bonds. The van der Waals surface area contributed by atoms with Gasteiger partial charge in [-0.15, -0.1) is 0 Å². The minimum absolute atomic E-state index is 0.00705. The van der Waals surface area contributed by atoms with Crippen LogP contribution in [-0.4, -0.2) is 36.8 Å². The molecule has 0 aromatic carbocycles. The molecule has 0 N–H and O–H groups in total. The summed E-state index contributed by atoms with van der Waals surface area (Å²) in [7, 11) is -5.06. The standard InChI is InChI=1S/C14H36O3Si3/c1-12-13(15-18(3,4)5)14(2,16-19(6,7)8)17-20(9,10)11/h13H,12H2,1-11H3. The average Bonchev–Trinajstić information content (AvgIpc) is 2.05. The topological polar surface area (TPSA) is 27.7 Å². The predicted octanol–water partition coefficient (Wildman–Crippen LogP) is 5.04. The Kier molecular flexibility index (Phi) is 6.92. The molecule has 0 aromatic heterocycles. The zero-order valence-corrected chi connectivity index (χ0v) is 18.5. The first-order chi connectivity index (χ1) is 8.58. The van der Waals surface area contributed by atoms with Crippen LogP contribution in [0.4, 0.5) is 0 Å². The van der Waals surface area contributed by atoms with Crippen LogP contribution in [0, 0.1) is 0 Å². The first kappa shape index (κ1) is 20.5. The smallest absolute Gasteiger partial charge is 0.187 e. The Hall–Kier alpha value is 0.531. The summed E-state index contributed by atoms with van der Waals surface area (Å²) < 4.78 is 19.3. The van der Waals surface area contributed by atoms with E-state index in [1.807, 2.05) is 0 Å². The summed E-state index contributed by atoms with van der Waals surface area (Å²) in [6, 6.07) is 0. The lowest BCUT2D eigenvalue weighted by molar-refractivity contribution is -0.178. The molecule has 0 fully saturated rings. The van der Waals surface area contributed by atoms with Gasteiger partial charge in [0.1, 0.15) is 0 Å². The Morgan fingerprint density at radius 2 is 1.10 bits per heavy atom. The number of hydrogen-bond donors (Lipinski definition) is 0. The molecule has 1 atom stereocenters. The van der Waals surface area contributed by atoms with E-state index < -0.39 is 30.7 Å². The number of rotatable bonds is 8. The normalized spacial score (nSPS) is 16.4. The van der Waals surface area contributed by atoms with E-state index in [4.69, 9.17) is 13.3 Å². The third-order valence-electron chi connectivity index (χ3n) is 2.47. The second kappa shape index (κ2) is 6.75. The second-order valence-corrected chi connectivity index (χ2v) is 21.9. The first-order valence-electron chi connectivity index (χ1n) is 7.66. The molecule has 0 aromatic rings. The fraction of sp³-hybridized carbons (Fsp3) is 1.00. The predicted molar refractivity (Wildman–Crippen MR) is 95.8 cm³/mol. The van der Waals surface area contributed by atoms with Crippen molar-refractivity contribution in [3.8, 4) is 0 Å². The molecule has 1 unspecified atom stereocenters. The van der Waals surface area contributed by atoms with Crippen LogP contribution in [0.1, 0.15) is 20.3 Å². The average molecular weight is 337 g/mol. The molecule has 0 heterocycles. The van der Waals surface area contributed by atoms with Crippen LogP contribution < -0.4 is 0 Å². The molecule has 0 saturated heterocycles. The van der Waals surface area contributed by atoms with E-state index in [2.05, 4.69) is 72.8 Å².